The number of ether oxygens (including phenoxy) is 2. The smallest absolute Gasteiger partial charge is 0.325 e. The van der Waals surface area contributed by atoms with Gasteiger partial charge in [0.15, 0.2) is 11.0 Å². The number of carbonyl (C=O) groups excluding carboxylic acids is 4. The summed E-state index contributed by atoms with van der Waals surface area (Å²) in [5.74, 6) is -0.449. The molecule has 0 aromatic heterocycles. The molecule has 9 heteroatoms. The number of hydrogen-bond donors (Lipinski definition) is 0. The number of alkyl halides is 1. The summed E-state index contributed by atoms with van der Waals surface area (Å²) in [6, 6.07) is 7.06. The largest absolute Gasteiger partial charge is 0.465 e. The van der Waals surface area contributed by atoms with Crippen LogP contribution in [0.5, 0.6) is 0 Å². The highest BCUT2D eigenvalue weighted by Gasteiger charge is 2.57. The summed E-state index contributed by atoms with van der Waals surface area (Å²) >= 11 is 6.87. The van der Waals surface area contributed by atoms with Gasteiger partial charge in [0.1, 0.15) is 0 Å². The minimum Gasteiger partial charge on any atom is -0.465 e. The molecule has 0 radical (unpaired) electrons. The van der Waals surface area contributed by atoms with E-state index in [4.69, 9.17) is 21.1 Å². The molecule has 4 atom stereocenters. The molecule has 0 saturated heterocycles. The topological polar surface area (TPSA) is 104 Å². The Morgan fingerprint density at radius 3 is 1.25 bits per heavy atom. The van der Waals surface area contributed by atoms with Gasteiger partial charge in [-0.1, -0.05) is 115 Å². The van der Waals surface area contributed by atoms with Crippen LogP contribution in [0.2, 0.25) is 0 Å². The third-order valence-corrected chi connectivity index (χ3v) is 13.7. The van der Waals surface area contributed by atoms with Crippen LogP contribution in [-0.2, 0) is 23.6 Å². The predicted molar refractivity (Wildman–Crippen MR) is 218 cm³/mol. The van der Waals surface area contributed by atoms with E-state index < -0.39 is 41.2 Å². The van der Waals surface area contributed by atoms with Crippen LogP contribution in [0.3, 0.4) is 0 Å². The van der Waals surface area contributed by atoms with Crippen molar-refractivity contribution in [3.05, 3.63) is 68.8 Å². The highest BCUT2D eigenvalue weighted by molar-refractivity contribution is 7.96. The van der Waals surface area contributed by atoms with Gasteiger partial charge in [-0.2, -0.15) is 0 Å². The number of esters is 2. The van der Waals surface area contributed by atoms with E-state index in [1.807, 2.05) is 13.8 Å². The van der Waals surface area contributed by atoms with Crippen LogP contribution in [0.25, 0.3) is 0 Å². The normalized spacial score (nSPS) is 14.2. The van der Waals surface area contributed by atoms with Crippen molar-refractivity contribution in [2.24, 2.45) is 23.7 Å². The van der Waals surface area contributed by atoms with Crippen molar-refractivity contribution < 1.29 is 33.2 Å². The van der Waals surface area contributed by atoms with Crippen molar-refractivity contribution in [1.82, 2.24) is 0 Å². The van der Waals surface area contributed by atoms with Crippen molar-refractivity contribution in [1.29, 1.82) is 0 Å². The van der Waals surface area contributed by atoms with Gasteiger partial charge >= 0.3 is 11.9 Å². The maximum atomic E-state index is 15.8. The molecule has 0 bridgehead atoms. The van der Waals surface area contributed by atoms with Crippen LogP contribution < -0.4 is 0 Å². The van der Waals surface area contributed by atoms with Crippen LogP contribution in [0.1, 0.15) is 147 Å². The van der Waals surface area contributed by atoms with E-state index in [1.54, 1.807) is 52.0 Å². The molecule has 0 heterocycles. The van der Waals surface area contributed by atoms with Crippen LogP contribution >= 0.6 is 18.7 Å². The van der Waals surface area contributed by atoms with Gasteiger partial charge < -0.3 is 14.0 Å². The Kier molecular flexibility index (Phi) is 18.7. The fraction of sp³-hybridized carbons (Fsp3) is 0.636. The molecule has 2 rings (SSSR count). The Balaban J connectivity index is 2.65. The third-order valence-electron chi connectivity index (χ3n) is 10.2. The molecule has 7 nitrogen and oxygen atoms in total. The van der Waals surface area contributed by atoms with E-state index in [2.05, 4.69) is 41.5 Å². The molecule has 0 aliphatic heterocycles. The van der Waals surface area contributed by atoms with E-state index in [0.717, 1.165) is 49.7 Å². The van der Waals surface area contributed by atoms with Crippen LogP contribution in [0.4, 0.5) is 0 Å². The van der Waals surface area contributed by atoms with E-state index in [1.165, 1.54) is 0 Å². The SMILES string of the molecule is Cc1cc(C)c(C(=O)P(=O)(C(=O)c2c(C)cc(C)cc2C)C(C(=O)OCCC(C)CCCC(C)C)C(Cl)C(=O)OCCC(C)CCCC(C)C)c(C)c1. The zero-order valence-corrected chi connectivity index (χ0v) is 36.2. The van der Waals surface area contributed by atoms with Crippen LogP contribution in [-0.4, -0.2) is 47.2 Å². The molecule has 0 fully saturated rings. The maximum Gasteiger partial charge on any atom is 0.325 e. The first-order chi connectivity index (χ1) is 24.7. The van der Waals surface area contributed by atoms with E-state index in [-0.39, 0.29) is 36.2 Å². The summed E-state index contributed by atoms with van der Waals surface area (Å²) < 4.78 is 27.2. The number of benzene rings is 2. The zero-order chi connectivity index (χ0) is 40.2. The highest BCUT2D eigenvalue weighted by atomic mass is 35.5. The highest BCUT2D eigenvalue weighted by Crippen LogP contribution is 2.60. The molecule has 296 valence electrons. The molecular weight excluding hydrogens is 707 g/mol. The van der Waals surface area contributed by atoms with Gasteiger partial charge in [0, 0.05) is 11.1 Å². The molecule has 53 heavy (non-hydrogen) atoms. The van der Waals surface area contributed by atoms with Gasteiger partial charge in [-0.3, -0.25) is 19.2 Å². The molecule has 0 aliphatic carbocycles. The van der Waals surface area contributed by atoms with Crippen molar-refractivity contribution in [2.75, 3.05) is 13.2 Å². The van der Waals surface area contributed by atoms with E-state index >= 15 is 4.57 Å². The van der Waals surface area contributed by atoms with Crippen LogP contribution in [0, 0.1) is 65.2 Å². The molecule has 0 amide bonds. The van der Waals surface area contributed by atoms with Crippen molar-refractivity contribution >= 4 is 41.7 Å². The Hall–Kier alpha value is -2.76. The van der Waals surface area contributed by atoms with Gasteiger partial charge in [0.25, 0.3) is 0 Å². The second-order valence-corrected chi connectivity index (χ2v) is 19.6. The minimum atomic E-state index is -5.11. The number of carbonyl (C=O) groups is 4. The monoisotopic (exact) mass is 772 g/mol. The molecule has 0 N–H and O–H groups in total. The standard InChI is InChI=1S/C44H66ClO7P/c1-27(2)15-13-17-29(5)19-21-51-41(46)39(45)40(42(47)52-22-20-30(6)18-14-16-28(3)4)53(50,43(48)37-33(9)23-31(7)24-34(37)10)44(49)38-35(11)25-32(8)26-36(38)12/h23-30,39-40H,13-22H2,1-12H3. The molecule has 0 spiro atoms. The Labute approximate surface area is 325 Å². The van der Waals surface area contributed by atoms with Gasteiger partial charge in [0.2, 0.25) is 18.2 Å². The second-order valence-electron chi connectivity index (χ2n) is 16.4. The zero-order valence-electron chi connectivity index (χ0n) is 34.5. The van der Waals surface area contributed by atoms with Crippen molar-refractivity contribution in [3.8, 4) is 0 Å². The molecule has 2 aromatic rings. The average Bonchev–Trinajstić information content (AvgIpc) is 3.03. The predicted octanol–water partition coefficient (Wildman–Crippen LogP) is 11.6. The number of aryl methyl sites for hydroxylation is 6. The quantitative estimate of drug-likeness (QED) is 0.0666. The number of rotatable bonds is 22. The summed E-state index contributed by atoms with van der Waals surface area (Å²) in [7, 11) is -5.11. The lowest BCUT2D eigenvalue weighted by Crippen LogP contribution is -2.42. The summed E-state index contributed by atoms with van der Waals surface area (Å²) in [5.41, 5.74) is -0.246. The van der Waals surface area contributed by atoms with E-state index in [0.29, 0.717) is 46.9 Å². The fourth-order valence-electron chi connectivity index (χ4n) is 7.22. The second kappa shape index (κ2) is 21.4. The number of halogens is 1. The lowest BCUT2D eigenvalue weighted by atomic mass is 9.98. The van der Waals surface area contributed by atoms with Gasteiger partial charge in [-0.15, -0.1) is 11.6 Å². The third kappa shape index (κ3) is 13.2. The van der Waals surface area contributed by atoms with Gasteiger partial charge in [-0.05, 0) is 100 Å². The average molecular weight is 773 g/mol. The lowest BCUT2D eigenvalue weighted by molar-refractivity contribution is -0.149. The van der Waals surface area contributed by atoms with E-state index in [9.17, 15) is 19.2 Å². The lowest BCUT2D eigenvalue weighted by Gasteiger charge is -2.29. The Morgan fingerprint density at radius 1 is 0.566 bits per heavy atom. The number of hydrogen-bond acceptors (Lipinski definition) is 7. The first-order valence-corrected chi connectivity index (χ1v) is 21.8. The molecule has 2 aromatic carbocycles. The Morgan fingerprint density at radius 2 is 0.906 bits per heavy atom. The fourth-order valence-corrected chi connectivity index (χ4v) is 10.8. The molecule has 4 unspecified atom stereocenters. The van der Waals surface area contributed by atoms with Gasteiger partial charge in [-0.25, -0.2) is 0 Å². The summed E-state index contributed by atoms with van der Waals surface area (Å²) in [6.45, 7) is 23.4. The van der Waals surface area contributed by atoms with Gasteiger partial charge in [0.05, 0.1) is 13.2 Å². The summed E-state index contributed by atoms with van der Waals surface area (Å²) in [4.78, 5) is 57.9. The first-order valence-electron chi connectivity index (χ1n) is 19.5. The summed E-state index contributed by atoms with van der Waals surface area (Å²) in [5, 5.41) is -1.92. The Bertz CT molecular complexity index is 1510. The van der Waals surface area contributed by atoms with Crippen molar-refractivity contribution in [3.63, 3.8) is 0 Å². The maximum absolute atomic E-state index is 15.8. The molecule has 0 saturated carbocycles. The molecule has 0 aliphatic rings. The first kappa shape index (κ1) is 46.4. The molecular formula is C44H66ClO7P. The van der Waals surface area contributed by atoms with Crippen LogP contribution in [0.15, 0.2) is 24.3 Å². The minimum absolute atomic E-state index is 0.0269. The van der Waals surface area contributed by atoms with Crippen molar-refractivity contribution in [2.45, 2.75) is 145 Å². The summed E-state index contributed by atoms with van der Waals surface area (Å²) in [6.07, 6.45) is 7.26.